The Balaban J connectivity index is 1.61. The third-order valence-corrected chi connectivity index (χ3v) is 4.31. The van der Waals surface area contributed by atoms with Crippen LogP contribution in [0.25, 0.3) is 11.8 Å². The van der Waals surface area contributed by atoms with Gasteiger partial charge < -0.3 is 5.32 Å². The molecule has 126 valence electrons. The van der Waals surface area contributed by atoms with Crippen LogP contribution in [0, 0.1) is 0 Å². The van der Waals surface area contributed by atoms with Gasteiger partial charge in [-0.1, -0.05) is 46.3 Å². The standard InChI is InChI=1S/C20H18BrN3O/c1-15(17-8-10-18(21)11-9-17)23-20(25)12-7-16-13-22-24(14-16)19-5-3-2-4-6-19/h2-15H,1H3,(H,23,25)/b12-7+/t15-/m1/s1. The zero-order chi connectivity index (χ0) is 17.6. The Bertz CT molecular complexity index is 869. The van der Waals surface area contributed by atoms with Gasteiger partial charge in [-0.15, -0.1) is 0 Å². The highest BCUT2D eigenvalue weighted by Crippen LogP contribution is 2.16. The lowest BCUT2D eigenvalue weighted by Crippen LogP contribution is -2.24. The number of nitrogens with zero attached hydrogens (tertiary/aromatic N) is 2. The molecule has 0 radical (unpaired) electrons. The number of nitrogens with one attached hydrogen (secondary N) is 1. The van der Waals surface area contributed by atoms with Gasteiger partial charge in [-0.2, -0.15) is 5.10 Å². The number of carbonyl (C=O) groups is 1. The molecule has 4 nitrogen and oxygen atoms in total. The smallest absolute Gasteiger partial charge is 0.244 e. The lowest BCUT2D eigenvalue weighted by molar-refractivity contribution is -0.117. The number of benzene rings is 2. The molecule has 3 aromatic rings. The molecule has 1 aromatic heterocycles. The van der Waals surface area contributed by atoms with Gasteiger partial charge in [0.25, 0.3) is 0 Å². The maximum atomic E-state index is 12.1. The van der Waals surface area contributed by atoms with E-state index in [0.29, 0.717) is 0 Å². The van der Waals surface area contributed by atoms with Crippen molar-refractivity contribution in [1.29, 1.82) is 0 Å². The Kier molecular flexibility index (Phi) is 5.46. The molecule has 0 aliphatic heterocycles. The van der Waals surface area contributed by atoms with Crippen LogP contribution in [0.5, 0.6) is 0 Å². The lowest BCUT2D eigenvalue weighted by atomic mass is 10.1. The second-order valence-corrected chi connectivity index (χ2v) is 6.58. The molecule has 0 aliphatic carbocycles. The van der Waals surface area contributed by atoms with Crippen LogP contribution in [0.3, 0.4) is 0 Å². The first-order chi connectivity index (χ1) is 12.1. The second kappa shape index (κ2) is 7.94. The fourth-order valence-electron chi connectivity index (χ4n) is 2.41. The molecular weight excluding hydrogens is 378 g/mol. The summed E-state index contributed by atoms with van der Waals surface area (Å²) in [5, 5.41) is 7.27. The maximum absolute atomic E-state index is 12.1. The number of halogens is 1. The number of aromatic nitrogens is 2. The molecule has 2 aromatic carbocycles. The van der Waals surface area contributed by atoms with Crippen molar-refractivity contribution in [2.75, 3.05) is 0 Å². The Morgan fingerprint density at radius 1 is 1.16 bits per heavy atom. The molecule has 5 heteroatoms. The summed E-state index contributed by atoms with van der Waals surface area (Å²) in [6.45, 7) is 1.96. The fraction of sp³-hybridized carbons (Fsp3) is 0.100. The number of hydrogen-bond donors (Lipinski definition) is 1. The summed E-state index contributed by atoms with van der Waals surface area (Å²) in [4.78, 5) is 12.1. The number of amides is 1. The Morgan fingerprint density at radius 3 is 2.60 bits per heavy atom. The van der Waals surface area contributed by atoms with Crippen molar-refractivity contribution < 1.29 is 4.79 Å². The van der Waals surface area contributed by atoms with Gasteiger partial charge in [0.1, 0.15) is 0 Å². The van der Waals surface area contributed by atoms with Gasteiger partial charge in [-0.3, -0.25) is 4.79 Å². The first-order valence-corrected chi connectivity index (χ1v) is 8.75. The summed E-state index contributed by atoms with van der Waals surface area (Å²) in [5.41, 5.74) is 2.91. The summed E-state index contributed by atoms with van der Waals surface area (Å²) in [6, 6.07) is 17.7. The minimum atomic E-state index is -0.136. The fourth-order valence-corrected chi connectivity index (χ4v) is 2.68. The lowest BCUT2D eigenvalue weighted by Gasteiger charge is -2.12. The molecule has 25 heavy (non-hydrogen) atoms. The summed E-state index contributed by atoms with van der Waals surface area (Å²) in [7, 11) is 0. The quantitative estimate of drug-likeness (QED) is 0.645. The highest BCUT2D eigenvalue weighted by molar-refractivity contribution is 9.10. The van der Waals surface area contributed by atoms with E-state index >= 15 is 0 Å². The minimum Gasteiger partial charge on any atom is -0.346 e. The van der Waals surface area contributed by atoms with Crippen molar-refractivity contribution in [2.45, 2.75) is 13.0 Å². The van der Waals surface area contributed by atoms with E-state index in [2.05, 4.69) is 26.3 Å². The zero-order valence-corrected chi connectivity index (χ0v) is 15.3. The van der Waals surface area contributed by atoms with Gasteiger partial charge in [0, 0.05) is 22.3 Å². The van der Waals surface area contributed by atoms with Crippen molar-refractivity contribution in [3.8, 4) is 5.69 Å². The van der Waals surface area contributed by atoms with Gasteiger partial charge in [0.05, 0.1) is 17.9 Å². The number of para-hydroxylation sites is 1. The van der Waals surface area contributed by atoms with Crippen molar-refractivity contribution in [2.24, 2.45) is 0 Å². The molecule has 0 saturated carbocycles. The summed E-state index contributed by atoms with van der Waals surface area (Å²) >= 11 is 3.41. The SMILES string of the molecule is C[C@@H](NC(=O)/C=C/c1cnn(-c2ccccc2)c1)c1ccc(Br)cc1. The molecule has 0 bridgehead atoms. The number of carbonyl (C=O) groups excluding carboxylic acids is 1. The van der Waals surface area contributed by atoms with E-state index in [0.717, 1.165) is 21.3 Å². The third kappa shape index (κ3) is 4.67. The summed E-state index contributed by atoms with van der Waals surface area (Å²) in [5.74, 6) is -0.136. The van der Waals surface area contributed by atoms with Gasteiger partial charge in [0.15, 0.2) is 0 Å². The molecule has 0 unspecified atom stereocenters. The molecule has 1 atom stereocenters. The summed E-state index contributed by atoms with van der Waals surface area (Å²) in [6.07, 6.45) is 6.91. The molecule has 0 aliphatic rings. The van der Waals surface area contributed by atoms with Crippen LogP contribution in [0.2, 0.25) is 0 Å². The monoisotopic (exact) mass is 395 g/mol. The van der Waals surface area contributed by atoms with Crippen molar-refractivity contribution in [3.05, 3.63) is 88.7 Å². The molecule has 1 amide bonds. The van der Waals surface area contributed by atoms with Crippen LogP contribution >= 0.6 is 15.9 Å². The number of hydrogen-bond acceptors (Lipinski definition) is 2. The van der Waals surface area contributed by atoms with Gasteiger partial charge in [-0.25, -0.2) is 4.68 Å². The zero-order valence-electron chi connectivity index (χ0n) is 13.8. The first kappa shape index (κ1) is 17.2. The molecule has 1 N–H and O–H groups in total. The van der Waals surface area contributed by atoms with Crippen molar-refractivity contribution in [1.82, 2.24) is 15.1 Å². The van der Waals surface area contributed by atoms with Gasteiger partial charge >= 0.3 is 0 Å². The van der Waals surface area contributed by atoms with Crippen LogP contribution in [-0.4, -0.2) is 15.7 Å². The maximum Gasteiger partial charge on any atom is 0.244 e. The van der Waals surface area contributed by atoms with Crippen LogP contribution in [0.15, 0.2) is 77.5 Å². The minimum absolute atomic E-state index is 0.0581. The predicted octanol–water partition coefficient (Wildman–Crippen LogP) is 4.53. The van der Waals surface area contributed by atoms with Crippen LogP contribution in [-0.2, 0) is 4.79 Å². The topological polar surface area (TPSA) is 46.9 Å². The van der Waals surface area contributed by atoms with Crippen molar-refractivity contribution >= 4 is 27.9 Å². The Hall–Kier alpha value is -2.66. The van der Waals surface area contributed by atoms with E-state index in [1.807, 2.05) is 67.7 Å². The average molecular weight is 396 g/mol. The molecule has 0 fully saturated rings. The Labute approximate surface area is 155 Å². The molecule has 3 rings (SSSR count). The number of rotatable bonds is 5. The molecule has 0 spiro atoms. The third-order valence-electron chi connectivity index (χ3n) is 3.78. The second-order valence-electron chi connectivity index (χ2n) is 5.67. The highest BCUT2D eigenvalue weighted by Gasteiger charge is 2.07. The molecule has 0 saturated heterocycles. The van der Waals surface area contributed by atoms with Crippen LogP contribution < -0.4 is 5.32 Å². The van der Waals surface area contributed by atoms with Gasteiger partial charge in [-0.05, 0) is 42.8 Å². The van der Waals surface area contributed by atoms with Crippen LogP contribution in [0.1, 0.15) is 24.1 Å². The average Bonchev–Trinajstić information content (AvgIpc) is 3.10. The molecule has 1 heterocycles. The van der Waals surface area contributed by atoms with Crippen LogP contribution in [0.4, 0.5) is 0 Å². The van der Waals surface area contributed by atoms with E-state index in [-0.39, 0.29) is 11.9 Å². The largest absolute Gasteiger partial charge is 0.346 e. The van der Waals surface area contributed by atoms with E-state index in [1.165, 1.54) is 6.08 Å². The normalized spacial score (nSPS) is 12.2. The summed E-state index contributed by atoms with van der Waals surface area (Å²) < 4.78 is 2.80. The predicted molar refractivity (Wildman–Crippen MR) is 103 cm³/mol. The van der Waals surface area contributed by atoms with Gasteiger partial charge in [0.2, 0.25) is 5.91 Å². The van der Waals surface area contributed by atoms with E-state index in [4.69, 9.17) is 0 Å². The van der Waals surface area contributed by atoms with E-state index in [9.17, 15) is 4.79 Å². The van der Waals surface area contributed by atoms with E-state index < -0.39 is 0 Å². The first-order valence-electron chi connectivity index (χ1n) is 7.96. The van der Waals surface area contributed by atoms with Crippen molar-refractivity contribution in [3.63, 3.8) is 0 Å². The van der Waals surface area contributed by atoms with E-state index in [1.54, 1.807) is 17.0 Å². The Morgan fingerprint density at radius 2 is 1.88 bits per heavy atom. The highest BCUT2D eigenvalue weighted by atomic mass is 79.9. The molecular formula is C20H18BrN3O.